The van der Waals surface area contributed by atoms with Crippen LogP contribution in [0.4, 0.5) is 0 Å². The van der Waals surface area contributed by atoms with Crippen LogP contribution in [0, 0.1) is 6.92 Å². The molecule has 126 valence electrons. The molecule has 2 N–H and O–H groups in total. The Balaban J connectivity index is 1.72. The third kappa shape index (κ3) is 2.60. The van der Waals surface area contributed by atoms with Crippen LogP contribution in [0.2, 0.25) is 0 Å². The second-order valence-electron chi connectivity index (χ2n) is 6.21. The van der Waals surface area contributed by atoms with Crippen molar-refractivity contribution < 1.29 is 19.3 Å². The van der Waals surface area contributed by atoms with Crippen molar-refractivity contribution in [2.75, 3.05) is 13.4 Å². The molecule has 2 aromatic carbocycles. The van der Waals surface area contributed by atoms with E-state index in [-0.39, 0.29) is 19.4 Å². The highest BCUT2D eigenvalue weighted by molar-refractivity contribution is 5.64. The lowest BCUT2D eigenvalue weighted by Crippen LogP contribution is -2.38. The van der Waals surface area contributed by atoms with E-state index in [0.717, 1.165) is 39.5 Å². The van der Waals surface area contributed by atoms with Gasteiger partial charge in [-0.1, -0.05) is 30.3 Å². The minimum Gasteiger partial charge on any atom is -0.488 e. The summed E-state index contributed by atoms with van der Waals surface area (Å²) in [6, 6.07) is 10.1. The fourth-order valence-electron chi connectivity index (χ4n) is 3.41. The van der Waals surface area contributed by atoms with Crippen molar-refractivity contribution in [2.24, 2.45) is 0 Å². The fraction of sp³-hybridized carbons (Fsp3) is 0.368. The average Bonchev–Trinajstić information content (AvgIpc) is 3.12. The monoisotopic (exact) mass is 327 g/mol. The van der Waals surface area contributed by atoms with E-state index in [0.29, 0.717) is 19.6 Å². The van der Waals surface area contributed by atoms with Gasteiger partial charge in [0.25, 0.3) is 0 Å². The molecule has 2 aromatic rings. The highest BCUT2D eigenvalue weighted by Crippen LogP contribution is 2.48. The minimum atomic E-state index is 0.0383. The number of rotatable bonds is 4. The Kier molecular flexibility index (Phi) is 4.04. The number of nitrogens with one attached hydrogen (secondary N) is 1. The largest absolute Gasteiger partial charge is 0.488 e. The van der Waals surface area contributed by atoms with Crippen molar-refractivity contribution in [3.63, 3.8) is 0 Å². The van der Waals surface area contributed by atoms with Crippen LogP contribution in [0.15, 0.2) is 30.3 Å². The summed E-state index contributed by atoms with van der Waals surface area (Å²) < 4.78 is 17.5. The lowest BCUT2D eigenvalue weighted by atomic mass is 9.91. The molecule has 4 rings (SSSR count). The van der Waals surface area contributed by atoms with Gasteiger partial charge in [0.2, 0.25) is 6.79 Å². The molecule has 2 aliphatic heterocycles. The molecule has 0 spiro atoms. The van der Waals surface area contributed by atoms with Crippen molar-refractivity contribution in [3.8, 4) is 17.2 Å². The molecule has 0 unspecified atom stereocenters. The van der Waals surface area contributed by atoms with Crippen LogP contribution in [-0.2, 0) is 19.6 Å². The van der Waals surface area contributed by atoms with Gasteiger partial charge in [-0.2, -0.15) is 0 Å². The molecule has 24 heavy (non-hydrogen) atoms. The molecule has 0 saturated heterocycles. The van der Waals surface area contributed by atoms with E-state index in [1.807, 2.05) is 37.3 Å². The van der Waals surface area contributed by atoms with E-state index in [4.69, 9.17) is 14.2 Å². The number of benzene rings is 2. The molecular formula is C19H21NO4. The Hall–Kier alpha value is -2.24. The van der Waals surface area contributed by atoms with Gasteiger partial charge in [-0.05, 0) is 18.9 Å². The summed E-state index contributed by atoms with van der Waals surface area (Å²) in [5.74, 6) is 2.46. The Bertz CT molecular complexity index is 745. The first-order chi connectivity index (χ1) is 11.8. The topological polar surface area (TPSA) is 60.0 Å². The molecule has 0 aromatic heterocycles. The number of ether oxygens (including phenoxy) is 3. The van der Waals surface area contributed by atoms with Gasteiger partial charge < -0.3 is 24.6 Å². The fourth-order valence-corrected chi connectivity index (χ4v) is 3.41. The molecule has 0 fully saturated rings. The molecule has 0 aliphatic carbocycles. The maximum atomic E-state index is 9.52. The Morgan fingerprint density at radius 1 is 1.17 bits per heavy atom. The van der Waals surface area contributed by atoms with Gasteiger partial charge in [0.1, 0.15) is 12.4 Å². The van der Waals surface area contributed by atoms with Crippen LogP contribution in [-0.4, -0.2) is 24.5 Å². The Morgan fingerprint density at radius 3 is 2.75 bits per heavy atom. The van der Waals surface area contributed by atoms with E-state index < -0.39 is 0 Å². The summed E-state index contributed by atoms with van der Waals surface area (Å²) in [6.07, 6.45) is 0.716. The predicted octanol–water partition coefficient (Wildman–Crippen LogP) is 2.31. The molecule has 0 saturated carbocycles. The van der Waals surface area contributed by atoms with Crippen LogP contribution in [0.1, 0.15) is 22.3 Å². The zero-order valence-electron chi connectivity index (χ0n) is 13.7. The summed E-state index contributed by atoms with van der Waals surface area (Å²) in [5, 5.41) is 12.9. The predicted molar refractivity (Wildman–Crippen MR) is 89.5 cm³/mol. The highest BCUT2D eigenvalue weighted by atomic mass is 16.7. The SMILES string of the molecule is Cc1c(OCc2ccccc2)c2c(c3c1OCO3)CN[C@H](CO)C2. The summed E-state index contributed by atoms with van der Waals surface area (Å²) in [7, 11) is 0. The zero-order valence-corrected chi connectivity index (χ0v) is 13.7. The highest BCUT2D eigenvalue weighted by Gasteiger charge is 2.32. The zero-order chi connectivity index (χ0) is 16.5. The molecular weight excluding hydrogens is 306 g/mol. The van der Waals surface area contributed by atoms with Crippen molar-refractivity contribution in [3.05, 3.63) is 52.6 Å². The second kappa shape index (κ2) is 6.34. The Labute approximate surface area is 141 Å². The van der Waals surface area contributed by atoms with Crippen LogP contribution in [0.3, 0.4) is 0 Å². The van der Waals surface area contributed by atoms with Crippen LogP contribution < -0.4 is 19.5 Å². The number of hydrogen-bond donors (Lipinski definition) is 2. The van der Waals surface area contributed by atoms with E-state index in [9.17, 15) is 5.11 Å². The Morgan fingerprint density at radius 2 is 1.96 bits per heavy atom. The van der Waals surface area contributed by atoms with Crippen molar-refractivity contribution >= 4 is 0 Å². The normalized spacial score (nSPS) is 18.3. The first-order valence-corrected chi connectivity index (χ1v) is 8.22. The number of aliphatic hydroxyl groups excluding tert-OH is 1. The van der Waals surface area contributed by atoms with E-state index in [1.54, 1.807) is 0 Å². The first kappa shape index (κ1) is 15.3. The maximum Gasteiger partial charge on any atom is 0.231 e. The number of fused-ring (bicyclic) bond motifs is 3. The smallest absolute Gasteiger partial charge is 0.231 e. The van der Waals surface area contributed by atoms with Gasteiger partial charge >= 0.3 is 0 Å². The molecule has 0 amide bonds. The summed E-state index contributed by atoms with van der Waals surface area (Å²) in [5.41, 5.74) is 4.29. The molecule has 0 radical (unpaired) electrons. The number of hydrogen-bond acceptors (Lipinski definition) is 5. The van der Waals surface area contributed by atoms with Crippen LogP contribution in [0.25, 0.3) is 0 Å². The van der Waals surface area contributed by atoms with E-state index in [1.165, 1.54) is 0 Å². The summed E-state index contributed by atoms with van der Waals surface area (Å²) in [4.78, 5) is 0. The van der Waals surface area contributed by atoms with E-state index in [2.05, 4.69) is 5.32 Å². The van der Waals surface area contributed by atoms with Crippen molar-refractivity contribution in [1.82, 2.24) is 5.32 Å². The quantitative estimate of drug-likeness (QED) is 0.902. The van der Waals surface area contributed by atoms with E-state index >= 15 is 0 Å². The second-order valence-corrected chi connectivity index (χ2v) is 6.21. The minimum absolute atomic E-state index is 0.0383. The lowest BCUT2D eigenvalue weighted by Gasteiger charge is -2.28. The summed E-state index contributed by atoms with van der Waals surface area (Å²) >= 11 is 0. The lowest BCUT2D eigenvalue weighted by molar-refractivity contribution is 0.172. The van der Waals surface area contributed by atoms with Gasteiger partial charge in [-0.3, -0.25) is 0 Å². The molecule has 1 atom stereocenters. The molecule has 2 aliphatic rings. The molecule has 2 heterocycles. The standard InChI is InChI=1S/C19H21NO4/c1-12-17(22-10-13-5-3-2-4-6-13)15-7-14(9-21)20-8-16(15)19-18(12)23-11-24-19/h2-6,14,20-21H,7-11H2,1H3/t14-/m0/s1. The molecule has 5 nitrogen and oxygen atoms in total. The van der Waals surface area contributed by atoms with Crippen molar-refractivity contribution in [2.45, 2.75) is 32.5 Å². The van der Waals surface area contributed by atoms with Crippen LogP contribution >= 0.6 is 0 Å². The third-order valence-corrected chi connectivity index (χ3v) is 4.67. The number of aliphatic hydroxyl groups is 1. The first-order valence-electron chi connectivity index (χ1n) is 8.22. The molecule has 5 heteroatoms. The van der Waals surface area contributed by atoms with Gasteiger partial charge in [0.15, 0.2) is 11.5 Å². The van der Waals surface area contributed by atoms with Gasteiger partial charge in [-0.15, -0.1) is 0 Å². The van der Waals surface area contributed by atoms with Crippen molar-refractivity contribution in [1.29, 1.82) is 0 Å². The summed E-state index contributed by atoms with van der Waals surface area (Å²) in [6.45, 7) is 3.50. The van der Waals surface area contributed by atoms with Gasteiger partial charge in [0, 0.05) is 29.3 Å². The average molecular weight is 327 g/mol. The molecule has 0 bridgehead atoms. The third-order valence-electron chi connectivity index (χ3n) is 4.67. The van der Waals surface area contributed by atoms with Crippen LogP contribution in [0.5, 0.6) is 17.2 Å². The van der Waals surface area contributed by atoms with Gasteiger partial charge in [0.05, 0.1) is 6.61 Å². The van der Waals surface area contributed by atoms with Gasteiger partial charge in [-0.25, -0.2) is 0 Å². The maximum absolute atomic E-state index is 9.52.